The number of halogens is 1. The molecule has 0 fully saturated rings. The maximum absolute atomic E-state index is 13.1. The van der Waals surface area contributed by atoms with Crippen LogP contribution in [-0.4, -0.2) is 27.3 Å². The lowest BCUT2D eigenvalue weighted by atomic mass is 10.3. The third kappa shape index (κ3) is 5.41. The maximum Gasteiger partial charge on any atom is 0.350 e. The molecule has 10 heteroatoms. The van der Waals surface area contributed by atoms with Crippen molar-refractivity contribution < 1.29 is 23.6 Å². The van der Waals surface area contributed by atoms with Crippen molar-refractivity contribution in [1.29, 1.82) is 0 Å². The van der Waals surface area contributed by atoms with Gasteiger partial charge in [-0.2, -0.15) is 9.78 Å². The Labute approximate surface area is 198 Å². The maximum atomic E-state index is 13.1. The van der Waals surface area contributed by atoms with Crippen molar-refractivity contribution in [3.8, 4) is 17.3 Å². The summed E-state index contributed by atoms with van der Waals surface area (Å²) < 4.78 is 25.7. The number of nitrogens with zero attached hydrogens (tertiary/aromatic N) is 3. The van der Waals surface area contributed by atoms with E-state index in [2.05, 4.69) is 5.10 Å². The summed E-state index contributed by atoms with van der Waals surface area (Å²) in [5.74, 6) is -0.566. The number of nitro benzene ring substituents is 1. The summed E-state index contributed by atoms with van der Waals surface area (Å²) in [7, 11) is 0. The minimum absolute atomic E-state index is 0.0226. The van der Waals surface area contributed by atoms with Crippen LogP contribution < -0.4 is 9.47 Å². The van der Waals surface area contributed by atoms with Crippen LogP contribution in [0.4, 0.5) is 10.1 Å². The fourth-order valence-electron chi connectivity index (χ4n) is 3.01. The lowest BCUT2D eigenvalue weighted by Gasteiger charge is -2.11. The van der Waals surface area contributed by atoms with Gasteiger partial charge in [-0.3, -0.25) is 10.1 Å². The van der Waals surface area contributed by atoms with Crippen LogP contribution in [0.1, 0.15) is 5.69 Å². The first-order valence-electron chi connectivity index (χ1n) is 10.1. The lowest BCUT2D eigenvalue weighted by Crippen LogP contribution is -2.19. The first-order chi connectivity index (χ1) is 16.4. The molecule has 0 N–H and O–H groups in total. The van der Waals surface area contributed by atoms with Gasteiger partial charge < -0.3 is 9.47 Å². The number of carbonyl (C=O) groups excluding carboxylic acids is 1. The molecular weight excluding hydrogens is 461 g/mol. The molecule has 0 aliphatic heterocycles. The molecule has 0 saturated heterocycles. The molecule has 0 unspecified atom stereocenters. The average molecular weight is 479 g/mol. The summed E-state index contributed by atoms with van der Waals surface area (Å²) in [5, 5.41) is 15.5. The molecule has 1 aromatic heterocycles. The summed E-state index contributed by atoms with van der Waals surface area (Å²) >= 11 is 1.27. The Bertz CT molecular complexity index is 1310. The molecule has 0 aliphatic carbocycles. The topological polar surface area (TPSA) is 96.5 Å². The highest BCUT2D eigenvalue weighted by molar-refractivity contribution is 7.99. The zero-order valence-electron chi connectivity index (χ0n) is 17.9. The van der Waals surface area contributed by atoms with Gasteiger partial charge in [0.05, 0.1) is 21.2 Å². The molecule has 0 atom stereocenters. The first-order valence-corrected chi connectivity index (χ1v) is 10.9. The summed E-state index contributed by atoms with van der Waals surface area (Å²) in [6, 6.07) is 20.5. The van der Waals surface area contributed by atoms with Gasteiger partial charge in [0.2, 0.25) is 5.88 Å². The number of para-hydroxylation sites is 1. The average Bonchev–Trinajstić information content (AvgIpc) is 3.14. The van der Waals surface area contributed by atoms with Crippen molar-refractivity contribution in [2.24, 2.45) is 0 Å². The van der Waals surface area contributed by atoms with Gasteiger partial charge in [0, 0.05) is 17.0 Å². The molecule has 0 saturated carbocycles. The van der Waals surface area contributed by atoms with Crippen LogP contribution in [0, 0.1) is 22.9 Å². The summed E-state index contributed by atoms with van der Waals surface area (Å²) in [6.07, 6.45) is 0. The van der Waals surface area contributed by atoms with E-state index < -0.39 is 23.3 Å². The highest BCUT2D eigenvalue weighted by Crippen LogP contribution is 2.39. The van der Waals surface area contributed by atoms with Gasteiger partial charge in [0.1, 0.15) is 11.6 Å². The quantitative estimate of drug-likeness (QED) is 0.191. The van der Waals surface area contributed by atoms with Gasteiger partial charge >= 0.3 is 5.97 Å². The first kappa shape index (κ1) is 23.0. The van der Waals surface area contributed by atoms with Crippen LogP contribution >= 0.6 is 11.8 Å². The standard InChI is InChI=1S/C24H18FN3O5S/c1-16-23(34-21-13-9-19(10-14-21)28(30)31)24(27(26-16)18-5-3-2-4-6-18)33-22(29)15-32-20-11-7-17(25)8-12-20/h2-14H,15H2,1H3. The smallest absolute Gasteiger partial charge is 0.350 e. The monoisotopic (exact) mass is 479 g/mol. The number of carbonyl (C=O) groups is 1. The molecule has 0 amide bonds. The zero-order valence-corrected chi connectivity index (χ0v) is 18.7. The van der Waals surface area contributed by atoms with E-state index in [9.17, 15) is 19.3 Å². The van der Waals surface area contributed by atoms with Crippen LogP contribution in [0.5, 0.6) is 11.6 Å². The lowest BCUT2D eigenvalue weighted by molar-refractivity contribution is -0.384. The number of non-ortho nitro benzene ring substituents is 1. The number of benzene rings is 3. The second kappa shape index (κ2) is 10.2. The molecule has 0 aliphatic rings. The normalized spacial score (nSPS) is 10.6. The van der Waals surface area contributed by atoms with Gasteiger partial charge in [0.25, 0.3) is 5.69 Å². The third-order valence-corrected chi connectivity index (χ3v) is 5.80. The van der Waals surface area contributed by atoms with Gasteiger partial charge in [-0.05, 0) is 55.5 Å². The number of hydrogen-bond acceptors (Lipinski definition) is 7. The van der Waals surface area contributed by atoms with Crippen LogP contribution in [0.3, 0.4) is 0 Å². The highest BCUT2D eigenvalue weighted by atomic mass is 32.2. The number of esters is 1. The number of aryl methyl sites for hydroxylation is 1. The Hall–Kier alpha value is -4.18. The SMILES string of the molecule is Cc1nn(-c2ccccc2)c(OC(=O)COc2ccc(F)cc2)c1Sc1ccc([N+](=O)[O-])cc1. The number of hydrogen-bond donors (Lipinski definition) is 0. The molecule has 8 nitrogen and oxygen atoms in total. The Morgan fingerprint density at radius 1 is 1.06 bits per heavy atom. The van der Waals surface area contributed by atoms with E-state index in [-0.39, 0.29) is 11.6 Å². The van der Waals surface area contributed by atoms with Crippen molar-refractivity contribution in [3.05, 3.63) is 100 Å². The van der Waals surface area contributed by atoms with Gasteiger partial charge in [-0.15, -0.1) is 0 Å². The minimum Gasteiger partial charge on any atom is -0.482 e. The van der Waals surface area contributed by atoms with Gasteiger partial charge in [0.15, 0.2) is 6.61 Å². The molecule has 0 radical (unpaired) electrons. The van der Waals surface area contributed by atoms with Crippen molar-refractivity contribution in [2.45, 2.75) is 16.7 Å². The molecule has 0 spiro atoms. The van der Waals surface area contributed by atoms with Crippen molar-refractivity contribution in [2.75, 3.05) is 6.61 Å². The Morgan fingerprint density at radius 2 is 1.74 bits per heavy atom. The van der Waals surface area contributed by atoms with Crippen LogP contribution in [0.15, 0.2) is 88.7 Å². The van der Waals surface area contributed by atoms with E-state index in [0.717, 1.165) is 0 Å². The van der Waals surface area contributed by atoms with E-state index in [0.29, 0.717) is 26.9 Å². The third-order valence-electron chi connectivity index (χ3n) is 4.61. The molecule has 1 heterocycles. The molecule has 172 valence electrons. The molecule has 4 aromatic rings. The number of ether oxygens (including phenoxy) is 2. The number of rotatable bonds is 8. The Kier molecular flexibility index (Phi) is 6.88. The number of aromatic nitrogens is 2. The molecule has 0 bridgehead atoms. The second-order valence-corrected chi connectivity index (χ2v) is 8.12. The molecule has 34 heavy (non-hydrogen) atoms. The Balaban J connectivity index is 1.60. The molecule has 4 rings (SSSR count). The number of nitro groups is 1. The minimum atomic E-state index is -0.674. The van der Waals surface area contributed by atoms with Crippen molar-refractivity contribution in [1.82, 2.24) is 9.78 Å². The van der Waals surface area contributed by atoms with E-state index in [4.69, 9.17) is 9.47 Å². The van der Waals surface area contributed by atoms with Crippen molar-refractivity contribution >= 4 is 23.4 Å². The Morgan fingerprint density at radius 3 is 2.38 bits per heavy atom. The van der Waals surface area contributed by atoms with E-state index >= 15 is 0 Å². The van der Waals surface area contributed by atoms with Crippen LogP contribution in [-0.2, 0) is 4.79 Å². The second-order valence-electron chi connectivity index (χ2n) is 7.04. The van der Waals surface area contributed by atoms with Crippen LogP contribution in [0.25, 0.3) is 5.69 Å². The molecule has 3 aromatic carbocycles. The largest absolute Gasteiger partial charge is 0.482 e. The fourth-order valence-corrected chi connectivity index (χ4v) is 3.92. The predicted molar refractivity (Wildman–Crippen MR) is 123 cm³/mol. The van der Waals surface area contributed by atoms with Crippen molar-refractivity contribution in [3.63, 3.8) is 0 Å². The summed E-state index contributed by atoms with van der Waals surface area (Å²) in [6.45, 7) is 1.38. The van der Waals surface area contributed by atoms with Gasteiger partial charge in [-0.25, -0.2) is 9.18 Å². The van der Waals surface area contributed by atoms with E-state index in [1.165, 1.54) is 52.8 Å². The summed E-state index contributed by atoms with van der Waals surface area (Å²) in [5.41, 5.74) is 1.27. The van der Waals surface area contributed by atoms with Gasteiger partial charge in [-0.1, -0.05) is 30.0 Å². The zero-order chi connectivity index (χ0) is 24.1. The highest BCUT2D eigenvalue weighted by Gasteiger charge is 2.22. The predicted octanol–water partition coefficient (Wildman–Crippen LogP) is 5.36. The molecular formula is C24H18FN3O5S. The van der Waals surface area contributed by atoms with E-state index in [1.54, 1.807) is 19.1 Å². The van der Waals surface area contributed by atoms with Crippen LogP contribution in [0.2, 0.25) is 0 Å². The summed E-state index contributed by atoms with van der Waals surface area (Å²) in [4.78, 5) is 24.4. The fraction of sp³-hybridized carbons (Fsp3) is 0.0833. The van der Waals surface area contributed by atoms with E-state index in [1.807, 2.05) is 30.3 Å².